The lowest BCUT2D eigenvalue weighted by Crippen LogP contribution is -2.35. The van der Waals surface area contributed by atoms with Gasteiger partial charge in [-0.3, -0.25) is 9.36 Å². The Morgan fingerprint density at radius 2 is 2.07 bits per heavy atom. The Morgan fingerprint density at radius 3 is 2.50 bits per heavy atom. The van der Waals surface area contributed by atoms with Gasteiger partial charge >= 0.3 is 13.3 Å². The Bertz CT molecular complexity index is 464. The van der Waals surface area contributed by atoms with Crippen LogP contribution in [0.2, 0.25) is 0 Å². The lowest BCUT2D eigenvalue weighted by Gasteiger charge is -2.05. The minimum atomic E-state index is -4.41. The maximum atomic E-state index is 11.1. The van der Waals surface area contributed by atoms with Crippen LogP contribution in [0.1, 0.15) is 5.69 Å². The van der Waals surface area contributed by atoms with Crippen molar-refractivity contribution in [2.45, 2.75) is 13.2 Å². The normalized spacial score (nSPS) is 11.6. The van der Waals surface area contributed by atoms with Gasteiger partial charge in [0.25, 0.3) is 5.56 Å². The standard InChI is InChI=1S/C6H9N2O5P/c1-4-2-5(9)8(6(10)7-4)3-14(11,12)13/h2H,3H2,1H3,(H,7,10)(H2,11,12,13). The van der Waals surface area contributed by atoms with Gasteiger partial charge in [-0.2, -0.15) is 0 Å². The molecule has 0 bridgehead atoms. The summed E-state index contributed by atoms with van der Waals surface area (Å²) in [6.45, 7) is 1.50. The van der Waals surface area contributed by atoms with Gasteiger partial charge in [0.1, 0.15) is 6.29 Å². The van der Waals surface area contributed by atoms with Crippen molar-refractivity contribution in [3.63, 3.8) is 0 Å². The Balaban J connectivity index is 3.30. The summed E-state index contributed by atoms with van der Waals surface area (Å²) in [6.07, 6.45) is -0.901. The number of rotatable bonds is 2. The summed E-state index contributed by atoms with van der Waals surface area (Å²) in [4.78, 5) is 41.7. The number of aromatic nitrogens is 2. The van der Waals surface area contributed by atoms with Crippen LogP contribution in [0.5, 0.6) is 0 Å². The van der Waals surface area contributed by atoms with Crippen LogP contribution < -0.4 is 11.2 Å². The molecule has 0 saturated carbocycles. The van der Waals surface area contributed by atoms with E-state index in [-0.39, 0.29) is 0 Å². The molecule has 0 fully saturated rings. The van der Waals surface area contributed by atoms with Crippen LogP contribution in [-0.2, 0) is 10.9 Å². The molecule has 0 aliphatic rings. The quantitative estimate of drug-likeness (QED) is 0.552. The Morgan fingerprint density at radius 1 is 1.50 bits per heavy atom. The molecule has 0 unspecified atom stereocenters. The monoisotopic (exact) mass is 220 g/mol. The van der Waals surface area contributed by atoms with Gasteiger partial charge < -0.3 is 14.8 Å². The maximum absolute atomic E-state index is 11.1. The van der Waals surface area contributed by atoms with E-state index >= 15 is 0 Å². The summed E-state index contributed by atoms with van der Waals surface area (Å²) in [6, 6.07) is 1.09. The molecule has 1 heterocycles. The lowest BCUT2D eigenvalue weighted by molar-refractivity contribution is 0.360. The fourth-order valence-electron chi connectivity index (χ4n) is 0.954. The zero-order valence-electron chi connectivity index (χ0n) is 7.30. The van der Waals surface area contributed by atoms with Crippen LogP contribution in [0, 0.1) is 6.92 Å². The molecule has 8 heteroatoms. The molecule has 0 spiro atoms. The van der Waals surface area contributed by atoms with E-state index in [1.807, 2.05) is 0 Å². The van der Waals surface area contributed by atoms with Crippen LogP contribution in [0.25, 0.3) is 0 Å². The molecule has 78 valence electrons. The van der Waals surface area contributed by atoms with E-state index in [2.05, 4.69) is 4.98 Å². The maximum Gasteiger partial charge on any atom is 0.345 e. The molecule has 14 heavy (non-hydrogen) atoms. The Kier molecular flexibility index (Phi) is 2.75. The number of aryl methyl sites for hydroxylation is 1. The van der Waals surface area contributed by atoms with Crippen molar-refractivity contribution in [3.8, 4) is 0 Å². The molecule has 1 rings (SSSR count). The van der Waals surface area contributed by atoms with E-state index in [1.165, 1.54) is 6.92 Å². The molecule has 0 aliphatic carbocycles. The van der Waals surface area contributed by atoms with Crippen molar-refractivity contribution in [2.24, 2.45) is 0 Å². The van der Waals surface area contributed by atoms with Crippen molar-refractivity contribution in [2.75, 3.05) is 0 Å². The molecule has 0 amide bonds. The average Bonchev–Trinajstić information content (AvgIpc) is 1.95. The first kappa shape index (κ1) is 10.9. The largest absolute Gasteiger partial charge is 0.345 e. The molecule has 0 atom stereocenters. The van der Waals surface area contributed by atoms with E-state index in [9.17, 15) is 14.2 Å². The molecular formula is C6H9N2O5P. The highest BCUT2D eigenvalue weighted by atomic mass is 31.2. The predicted molar refractivity (Wildman–Crippen MR) is 48.1 cm³/mol. The van der Waals surface area contributed by atoms with Gasteiger partial charge in [-0.05, 0) is 6.92 Å². The van der Waals surface area contributed by atoms with Crippen molar-refractivity contribution in [1.82, 2.24) is 9.55 Å². The van der Waals surface area contributed by atoms with Crippen LogP contribution in [0.3, 0.4) is 0 Å². The van der Waals surface area contributed by atoms with Gasteiger partial charge in [0.05, 0.1) is 0 Å². The number of aromatic amines is 1. The van der Waals surface area contributed by atoms with E-state index in [0.29, 0.717) is 10.3 Å². The molecule has 0 saturated heterocycles. The third kappa shape index (κ3) is 2.66. The summed E-state index contributed by atoms with van der Waals surface area (Å²) < 4.78 is 11.0. The molecule has 0 aromatic carbocycles. The first-order valence-corrected chi connectivity index (χ1v) is 5.45. The summed E-state index contributed by atoms with van der Waals surface area (Å²) in [7, 11) is -4.41. The molecule has 0 radical (unpaired) electrons. The summed E-state index contributed by atoms with van der Waals surface area (Å²) in [5.41, 5.74) is -1.20. The van der Waals surface area contributed by atoms with Crippen molar-refractivity contribution >= 4 is 7.60 Å². The molecular weight excluding hydrogens is 211 g/mol. The molecule has 3 N–H and O–H groups in total. The third-order valence-electron chi connectivity index (χ3n) is 1.48. The summed E-state index contributed by atoms with van der Waals surface area (Å²) >= 11 is 0. The second-order valence-electron chi connectivity index (χ2n) is 2.83. The zero-order chi connectivity index (χ0) is 10.9. The fourth-order valence-corrected chi connectivity index (χ4v) is 1.59. The number of nitrogens with one attached hydrogen (secondary N) is 1. The van der Waals surface area contributed by atoms with E-state index in [0.717, 1.165) is 6.07 Å². The number of hydrogen-bond donors (Lipinski definition) is 3. The van der Waals surface area contributed by atoms with E-state index in [4.69, 9.17) is 9.79 Å². The van der Waals surface area contributed by atoms with Crippen LogP contribution in [-0.4, -0.2) is 19.3 Å². The highest BCUT2D eigenvalue weighted by Gasteiger charge is 2.16. The van der Waals surface area contributed by atoms with Gasteiger partial charge in [0.2, 0.25) is 0 Å². The third-order valence-corrected chi connectivity index (χ3v) is 2.13. The predicted octanol–water partition coefficient (Wildman–Crippen LogP) is -1.02. The van der Waals surface area contributed by atoms with Crippen molar-refractivity contribution in [1.29, 1.82) is 0 Å². The van der Waals surface area contributed by atoms with Gasteiger partial charge in [-0.15, -0.1) is 0 Å². The Hall–Kier alpha value is -1.17. The highest BCUT2D eigenvalue weighted by Crippen LogP contribution is 2.35. The summed E-state index contributed by atoms with van der Waals surface area (Å²) in [5, 5.41) is 0. The van der Waals surface area contributed by atoms with Gasteiger partial charge in [-0.1, -0.05) is 0 Å². The SMILES string of the molecule is Cc1cc(=O)n(CP(=O)(O)O)c(=O)[nH]1. The first-order chi connectivity index (χ1) is 6.29. The topological polar surface area (TPSA) is 112 Å². The van der Waals surface area contributed by atoms with Crippen molar-refractivity contribution in [3.05, 3.63) is 32.6 Å². The van der Waals surface area contributed by atoms with Crippen molar-refractivity contribution < 1.29 is 14.4 Å². The lowest BCUT2D eigenvalue weighted by atomic mass is 10.4. The molecule has 0 aliphatic heterocycles. The first-order valence-electron chi connectivity index (χ1n) is 3.65. The smallest absolute Gasteiger partial charge is 0.323 e. The number of hydrogen-bond acceptors (Lipinski definition) is 3. The van der Waals surface area contributed by atoms with Gasteiger partial charge in [0, 0.05) is 11.8 Å². The minimum absolute atomic E-state index is 0.349. The second-order valence-corrected chi connectivity index (χ2v) is 4.44. The van der Waals surface area contributed by atoms with E-state index in [1.54, 1.807) is 0 Å². The van der Waals surface area contributed by atoms with Gasteiger partial charge in [0.15, 0.2) is 0 Å². The van der Waals surface area contributed by atoms with Crippen LogP contribution >= 0.6 is 7.60 Å². The molecule has 1 aromatic rings. The van der Waals surface area contributed by atoms with Crippen LogP contribution in [0.4, 0.5) is 0 Å². The number of nitrogens with zero attached hydrogens (tertiary/aromatic N) is 1. The minimum Gasteiger partial charge on any atom is -0.323 e. The number of H-pyrrole nitrogens is 1. The molecule has 1 aromatic heterocycles. The van der Waals surface area contributed by atoms with Crippen LogP contribution in [0.15, 0.2) is 15.7 Å². The zero-order valence-corrected chi connectivity index (χ0v) is 8.19. The average molecular weight is 220 g/mol. The second kappa shape index (κ2) is 3.53. The van der Waals surface area contributed by atoms with Gasteiger partial charge in [-0.25, -0.2) is 9.36 Å². The fraction of sp³-hybridized carbons (Fsp3) is 0.333. The summed E-state index contributed by atoms with van der Waals surface area (Å²) in [5.74, 6) is 0. The highest BCUT2D eigenvalue weighted by molar-refractivity contribution is 7.50. The Labute approximate surface area is 78.2 Å². The molecule has 7 nitrogen and oxygen atoms in total. The van der Waals surface area contributed by atoms with E-state index < -0.39 is 25.1 Å².